The van der Waals surface area contributed by atoms with Gasteiger partial charge in [-0.05, 0) is 41.7 Å². The maximum absolute atomic E-state index is 13.3. The number of alkyl halides is 3. The first-order chi connectivity index (χ1) is 15.4. The molecule has 0 spiro atoms. The number of carbonyl (C=O) groups excluding carboxylic acids is 1. The third-order valence-electron chi connectivity index (χ3n) is 5.85. The highest BCUT2D eigenvalue weighted by Gasteiger charge is 2.32. The summed E-state index contributed by atoms with van der Waals surface area (Å²) in [6, 6.07) is 22.5. The van der Waals surface area contributed by atoms with E-state index in [0.717, 1.165) is 44.6 Å². The number of amides is 1. The molecule has 32 heavy (non-hydrogen) atoms. The molecule has 1 heterocycles. The normalized spacial score (nSPS) is 15.5. The molecule has 1 fully saturated rings. The van der Waals surface area contributed by atoms with Crippen LogP contribution in [0.3, 0.4) is 0 Å². The van der Waals surface area contributed by atoms with Gasteiger partial charge in [0.15, 0.2) is 0 Å². The largest absolute Gasteiger partial charge is 0.416 e. The Hall–Kier alpha value is -3.12. The van der Waals surface area contributed by atoms with E-state index in [2.05, 4.69) is 22.3 Å². The van der Waals surface area contributed by atoms with Crippen molar-refractivity contribution in [2.24, 2.45) is 0 Å². The SMILES string of the molecule is O=C(NC1CCN(Cc2ccccc2)CC1)c1cc(C(F)(F)F)ccc1-c1ccccc1. The standard InChI is InChI=1S/C26H25F3N2O/c27-26(28,29)21-11-12-23(20-9-5-2-6-10-20)24(17-21)25(32)30-22-13-15-31(16-14-22)18-19-7-3-1-4-8-19/h1-12,17,22H,13-16,18H2,(H,30,32). The zero-order valence-electron chi connectivity index (χ0n) is 17.6. The quantitative estimate of drug-likeness (QED) is 0.549. The lowest BCUT2D eigenvalue weighted by molar-refractivity contribution is -0.137. The molecule has 0 radical (unpaired) electrons. The molecular formula is C26H25F3N2O. The fourth-order valence-corrected chi connectivity index (χ4v) is 4.12. The fraction of sp³-hybridized carbons (Fsp3) is 0.269. The van der Waals surface area contributed by atoms with Crippen LogP contribution in [0.2, 0.25) is 0 Å². The van der Waals surface area contributed by atoms with Crippen LogP contribution in [-0.2, 0) is 12.7 Å². The second-order valence-corrected chi connectivity index (χ2v) is 8.13. The lowest BCUT2D eigenvalue weighted by atomic mass is 9.96. The van der Waals surface area contributed by atoms with Crippen LogP contribution in [0.25, 0.3) is 11.1 Å². The van der Waals surface area contributed by atoms with Gasteiger partial charge in [-0.3, -0.25) is 9.69 Å². The number of rotatable bonds is 5. The smallest absolute Gasteiger partial charge is 0.349 e. The van der Waals surface area contributed by atoms with E-state index >= 15 is 0 Å². The highest BCUT2D eigenvalue weighted by atomic mass is 19.4. The third-order valence-corrected chi connectivity index (χ3v) is 5.85. The summed E-state index contributed by atoms with van der Waals surface area (Å²) in [6.07, 6.45) is -2.98. The molecule has 0 unspecified atom stereocenters. The van der Waals surface area contributed by atoms with Crippen LogP contribution in [0, 0.1) is 0 Å². The number of benzene rings is 3. The molecule has 1 amide bonds. The molecule has 6 heteroatoms. The summed E-state index contributed by atoms with van der Waals surface area (Å²) in [7, 11) is 0. The predicted octanol–water partition coefficient (Wildman–Crippen LogP) is 5.77. The van der Waals surface area contributed by atoms with Crippen LogP contribution in [0.15, 0.2) is 78.9 Å². The summed E-state index contributed by atoms with van der Waals surface area (Å²) in [5.74, 6) is -0.462. The molecular weight excluding hydrogens is 413 g/mol. The van der Waals surface area contributed by atoms with E-state index < -0.39 is 17.6 Å². The van der Waals surface area contributed by atoms with Gasteiger partial charge in [0.2, 0.25) is 0 Å². The van der Waals surface area contributed by atoms with Crippen LogP contribution in [0.5, 0.6) is 0 Å². The van der Waals surface area contributed by atoms with E-state index in [0.29, 0.717) is 11.1 Å². The van der Waals surface area contributed by atoms with Crippen molar-refractivity contribution in [1.29, 1.82) is 0 Å². The Morgan fingerprint density at radius 3 is 2.16 bits per heavy atom. The minimum absolute atomic E-state index is 0.0535. The Morgan fingerprint density at radius 2 is 1.53 bits per heavy atom. The number of likely N-dealkylation sites (tertiary alicyclic amines) is 1. The van der Waals surface area contributed by atoms with Crippen LogP contribution in [-0.4, -0.2) is 29.9 Å². The number of hydrogen-bond acceptors (Lipinski definition) is 2. The zero-order chi connectivity index (χ0) is 22.6. The zero-order valence-corrected chi connectivity index (χ0v) is 17.6. The van der Waals surface area contributed by atoms with Crippen LogP contribution >= 0.6 is 0 Å². The molecule has 0 atom stereocenters. The van der Waals surface area contributed by atoms with Crippen molar-refractivity contribution in [3.05, 3.63) is 95.6 Å². The van der Waals surface area contributed by atoms with Crippen molar-refractivity contribution in [2.45, 2.75) is 31.6 Å². The van der Waals surface area contributed by atoms with Gasteiger partial charge in [-0.1, -0.05) is 66.7 Å². The summed E-state index contributed by atoms with van der Waals surface area (Å²) in [6.45, 7) is 2.51. The van der Waals surface area contributed by atoms with Crippen LogP contribution in [0.4, 0.5) is 13.2 Å². The van der Waals surface area contributed by atoms with Gasteiger partial charge in [0.25, 0.3) is 5.91 Å². The monoisotopic (exact) mass is 438 g/mol. The van der Waals surface area contributed by atoms with Gasteiger partial charge in [0.1, 0.15) is 0 Å². The first kappa shape index (κ1) is 22.1. The fourth-order valence-electron chi connectivity index (χ4n) is 4.12. The average Bonchev–Trinajstić information content (AvgIpc) is 2.80. The first-order valence-corrected chi connectivity index (χ1v) is 10.7. The van der Waals surface area contributed by atoms with Crippen molar-refractivity contribution in [1.82, 2.24) is 10.2 Å². The molecule has 0 aromatic heterocycles. The number of halogens is 3. The van der Waals surface area contributed by atoms with Crippen molar-refractivity contribution in [3.63, 3.8) is 0 Å². The van der Waals surface area contributed by atoms with Gasteiger partial charge in [-0.15, -0.1) is 0 Å². The summed E-state index contributed by atoms with van der Waals surface area (Å²) in [4.78, 5) is 15.4. The molecule has 4 rings (SSSR count). The second kappa shape index (κ2) is 9.57. The lowest BCUT2D eigenvalue weighted by Gasteiger charge is -2.32. The van der Waals surface area contributed by atoms with Crippen molar-refractivity contribution in [3.8, 4) is 11.1 Å². The van der Waals surface area contributed by atoms with Crippen LogP contribution in [0.1, 0.15) is 34.3 Å². The van der Waals surface area contributed by atoms with Gasteiger partial charge in [-0.2, -0.15) is 13.2 Å². The summed E-state index contributed by atoms with van der Waals surface area (Å²) in [5.41, 5.74) is 1.69. The lowest BCUT2D eigenvalue weighted by Crippen LogP contribution is -2.44. The van der Waals surface area contributed by atoms with Gasteiger partial charge in [0.05, 0.1) is 5.56 Å². The molecule has 1 N–H and O–H groups in total. The minimum Gasteiger partial charge on any atom is -0.349 e. The molecule has 0 bridgehead atoms. The average molecular weight is 438 g/mol. The minimum atomic E-state index is -4.51. The molecule has 3 aromatic rings. The topological polar surface area (TPSA) is 32.3 Å². The van der Waals surface area contributed by atoms with Crippen molar-refractivity contribution < 1.29 is 18.0 Å². The molecule has 3 nitrogen and oxygen atoms in total. The molecule has 1 aliphatic heterocycles. The summed E-state index contributed by atoms with van der Waals surface area (Å²) >= 11 is 0. The van der Waals surface area contributed by atoms with E-state index in [1.54, 1.807) is 24.3 Å². The number of hydrogen-bond donors (Lipinski definition) is 1. The Bertz CT molecular complexity index is 1040. The van der Waals surface area contributed by atoms with Gasteiger partial charge < -0.3 is 5.32 Å². The molecule has 0 saturated carbocycles. The number of carbonyl (C=O) groups is 1. The van der Waals surface area contributed by atoms with E-state index in [1.165, 1.54) is 11.6 Å². The molecule has 1 saturated heterocycles. The molecule has 1 aliphatic rings. The highest BCUT2D eigenvalue weighted by molar-refractivity contribution is 6.01. The van der Waals surface area contributed by atoms with E-state index in [9.17, 15) is 18.0 Å². The van der Waals surface area contributed by atoms with Crippen LogP contribution < -0.4 is 5.32 Å². The summed E-state index contributed by atoms with van der Waals surface area (Å²) < 4.78 is 39.9. The highest BCUT2D eigenvalue weighted by Crippen LogP contribution is 2.33. The first-order valence-electron chi connectivity index (χ1n) is 10.7. The number of nitrogens with zero attached hydrogens (tertiary/aromatic N) is 1. The predicted molar refractivity (Wildman–Crippen MR) is 119 cm³/mol. The molecule has 0 aliphatic carbocycles. The maximum atomic E-state index is 13.3. The van der Waals surface area contributed by atoms with Crippen molar-refractivity contribution in [2.75, 3.05) is 13.1 Å². The third kappa shape index (κ3) is 5.37. The molecule has 166 valence electrons. The number of piperidine rings is 1. The summed E-state index contributed by atoms with van der Waals surface area (Å²) in [5, 5.41) is 2.98. The van der Waals surface area contributed by atoms with Crippen molar-refractivity contribution >= 4 is 5.91 Å². The van der Waals surface area contributed by atoms with Gasteiger partial charge in [-0.25, -0.2) is 0 Å². The van der Waals surface area contributed by atoms with E-state index in [1.807, 2.05) is 24.3 Å². The maximum Gasteiger partial charge on any atom is 0.416 e. The number of nitrogens with one attached hydrogen (secondary N) is 1. The second-order valence-electron chi connectivity index (χ2n) is 8.13. The Morgan fingerprint density at radius 1 is 0.906 bits per heavy atom. The van der Waals surface area contributed by atoms with E-state index in [-0.39, 0.29) is 11.6 Å². The Labute approximate surface area is 185 Å². The van der Waals surface area contributed by atoms with E-state index in [4.69, 9.17) is 0 Å². The Balaban J connectivity index is 1.47. The molecule has 3 aromatic carbocycles. The Kier molecular flexibility index (Phi) is 6.61. The van der Waals surface area contributed by atoms with Gasteiger partial charge in [0, 0.05) is 31.2 Å². The van der Waals surface area contributed by atoms with Gasteiger partial charge >= 0.3 is 6.18 Å².